The standard InChI is InChI=1S/C25H34FN3O4S/c1-4-6-17-27-25(31)23(5-2)28(18-16-20-10-8-7-9-11-20)24(30)19-29(34(3,32)33)22-14-12-21(26)13-15-22/h7-15,23H,4-6,16-19H2,1-3H3,(H,27,31). The number of sulfonamides is 1. The van der Waals surface area contributed by atoms with Crippen molar-refractivity contribution in [3.8, 4) is 0 Å². The van der Waals surface area contributed by atoms with Crippen LogP contribution in [0.4, 0.5) is 10.1 Å². The third kappa shape index (κ3) is 8.13. The molecule has 0 spiro atoms. The summed E-state index contributed by atoms with van der Waals surface area (Å²) in [7, 11) is -3.83. The quantitative estimate of drug-likeness (QED) is 0.436. The number of carbonyl (C=O) groups is 2. The van der Waals surface area contributed by atoms with Crippen molar-refractivity contribution in [3.63, 3.8) is 0 Å². The lowest BCUT2D eigenvalue weighted by molar-refractivity contribution is -0.139. The molecule has 34 heavy (non-hydrogen) atoms. The van der Waals surface area contributed by atoms with Crippen molar-refractivity contribution in [3.05, 3.63) is 66.0 Å². The normalized spacial score (nSPS) is 12.1. The van der Waals surface area contributed by atoms with E-state index >= 15 is 0 Å². The second kappa shape index (κ2) is 13.1. The molecule has 1 N–H and O–H groups in total. The molecule has 2 aromatic rings. The van der Waals surface area contributed by atoms with E-state index in [4.69, 9.17) is 0 Å². The molecule has 9 heteroatoms. The molecule has 0 aromatic heterocycles. The summed E-state index contributed by atoms with van der Waals surface area (Å²) in [6.07, 6.45) is 3.64. The zero-order valence-electron chi connectivity index (χ0n) is 20.0. The first-order valence-electron chi connectivity index (χ1n) is 11.5. The van der Waals surface area contributed by atoms with Gasteiger partial charge in [0.1, 0.15) is 18.4 Å². The first kappa shape index (κ1) is 27.3. The van der Waals surface area contributed by atoms with Gasteiger partial charge in [0.15, 0.2) is 0 Å². The number of nitrogens with one attached hydrogen (secondary N) is 1. The smallest absolute Gasteiger partial charge is 0.244 e. The molecule has 0 bridgehead atoms. The highest BCUT2D eigenvalue weighted by atomic mass is 32.2. The van der Waals surface area contributed by atoms with Crippen molar-refractivity contribution in [2.24, 2.45) is 0 Å². The Kier molecular flexibility index (Phi) is 10.5. The summed E-state index contributed by atoms with van der Waals surface area (Å²) in [6, 6.07) is 13.7. The van der Waals surface area contributed by atoms with E-state index in [-0.39, 0.29) is 18.1 Å². The van der Waals surface area contributed by atoms with E-state index in [9.17, 15) is 22.4 Å². The van der Waals surface area contributed by atoms with Crippen molar-refractivity contribution < 1.29 is 22.4 Å². The number of anilines is 1. The molecule has 0 saturated heterocycles. The number of amides is 2. The first-order valence-corrected chi connectivity index (χ1v) is 13.4. The van der Waals surface area contributed by atoms with Gasteiger partial charge in [0.05, 0.1) is 11.9 Å². The largest absolute Gasteiger partial charge is 0.354 e. The monoisotopic (exact) mass is 491 g/mol. The van der Waals surface area contributed by atoms with E-state index in [1.54, 1.807) is 0 Å². The maximum atomic E-state index is 13.5. The zero-order valence-corrected chi connectivity index (χ0v) is 20.9. The van der Waals surface area contributed by atoms with E-state index < -0.39 is 34.3 Å². The number of rotatable bonds is 13. The summed E-state index contributed by atoms with van der Waals surface area (Å²) < 4.78 is 39.3. The molecule has 1 unspecified atom stereocenters. The Labute approximate surface area is 202 Å². The predicted molar refractivity (Wildman–Crippen MR) is 132 cm³/mol. The molecule has 0 saturated carbocycles. The van der Waals surface area contributed by atoms with Crippen LogP contribution in [-0.2, 0) is 26.0 Å². The summed E-state index contributed by atoms with van der Waals surface area (Å²) in [5, 5.41) is 2.88. The Morgan fingerprint density at radius 3 is 2.24 bits per heavy atom. The number of nitrogens with zero attached hydrogens (tertiary/aromatic N) is 2. The van der Waals surface area contributed by atoms with Gasteiger partial charge in [-0.05, 0) is 49.1 Å². The third-order valence-corrected chi connectivity index (χ3v) is 6.63. The van der Waals surface area contributed by atoms with E-state index in [0.29, 0.717) is 19.4 Å². The minimum absolute atomic E-state index is 0.181. The molecule has 2 rings (SSSR count). The Balaban J connectivity index is 2.31. The highest BCUT2D eigenvalue weighted by Gasteiger charge is 2.31. The second-order valence-electron chi connectivity index (χ2n) is 8.14. The van der Waals surface area contributed by atoms with Crippen molar-refractivity contribution in [2.75, 3.05) is 30.2 Å². The van der Waals surface area contributed by atoms with Gasteiger partial charge in [0, 0.05) is 13.1 Å². The number of benzene rings is 2. The van der Waals surface area contributed by atoms with Gasteiger partial charge in [-0.15, -0.1) is 0 Å². The maximum absolute atomic E-state index is 13.5. The van der Waals surface area contributed by atoms with Gasteiger partial charge in [-0.1, -0.05) is 50.6 Å². The average Bonchev–Trinajstić information content (AvgIpc) is 2.80. The predicted octanol–water partition coefficient (Wildman–Crippen LogP) is 3.36. The average molecular weight is 492 g/mol. The number of carbonyl (C=O) groups excluding carboxylic acids is 2. The first-order chi connectivity index (χ1) is 16.2. The van der Waals surface area contributed by atoms with Gasteiger partial charge >= 0.3 is 0 Å². The van der Waals surface area contributed by atoms with Crippen LogP contribution >= 0.6 is 0 Å². The minimum atomic E-state index is -3.83. The van der Waals surface area contributed by atoms with Gasteiger partial charge in [-0.3, -0.25) is 13.9 Å². The number of unbranched alkanes of at least 4 members (excludes halogenated alkanes) is 1. The highest BCUT2D eigenvalue weighted by Crippen LogP contribution is 2.19. The molecule has 0 aliphatic heterocycles. The Morgan fingerprint density at radius 2 is 1.68 bits per heavy atom. The Hall–Kier alpha value is -2.94. The number of hydrogen-bond acceptors (Lipinski definition) is 4. The molecule has 186 valence electrons. The molecule has 2 aromatic carbocycles. The van der Waals surface area contributed by atoms with Crippen LogP contribution in [0.3, 0.4) is 0 Å². The van der Waals surface area contributed by atoms with E-state index in [1.165, 1.54) is 17.0 Å². The third-order valence-electron chi connectivity index (χ3n) is 5.49. The van der Waals surface area contributed by atoms with Crippen LogP contribution in [0.1, 0.15) is 38.7 Å². The van der Waals surface area contributed by atoms with Gasteiger partial charge in [-0.2, -0.15) is 0 Å². The minimum Gasteiger partial charge on any atom is -0.354 e. The van der Waals surface area contributed by atoms with Gasteiger partial charge in [0.25, 0.3) is 0 Å². The van der Waals surface area contributed by atoms with E-state index in [2.05, 4.69) is 5.32 Å². The summed E-state index contributed by atoms with van der Waals surface area (Å²) in [6.45, 7) is 4.12. The van der Waals surface area contributed by atoms with Crippen LogP contribution in [0.2, 0.25) is 0 Å². The number of hydrogen-bond donors (Lipinski definition) is 1. The van der Waals surface area contributed by atoms with Crippen LogP contribution < -0.4 is 9.62 Å². The zero-order chi connectivity index (χ0) is 25.1. The topological polar surface area (TPSA) is 86.8 Å². The SMILES string of the molecule is CCCCNC(=O)C(CC)N(CCc1ccccc1)C(=O)CN(c1ccc(F)cc1)S(C)(=O)=O. The van der Waals surface area contributed by atoms with Crippen molar-refractivity contribution in [1.82, 2.24) is 10.2 Å². The van der Waals surface area contributed by atoms with Crippen LogP contribution in [-0.4, -0.2) is 57.1 Å². The van der Waals surface area contributed by atoms with E-state index in [1.807, 2.05) is 44.2 Å². The lowest BCUT2D eigenvalue weighted by Crippen LogP contribution is -2.53. The van der Waals surface area contributed by atoms with Crippen LogP contribution in [0.15, 0.2) is 54.6 Å². The Bertz CT molecular complexity index is 1030. The van der Waals surface area contributed by atoms with Gasteiger partial charge in [-0.25, -0.2) is 12.8 Å². The van der Waals surface area contributed by atoms with Crippen LogP contribution in [0.5, 0.6) is 0 Å². The molecule has 0 aliphatic carbocycles. The fourth-order valence-electron chi connectivity index (χ4n) is 3.62. The molecule has 7 nitrogen and oxygen atoms in total. The van der Waals surface area contributed by atoms with Crippen LogP contribution in [0, 0.1) is 5.82 Å². The summed E-state index contributed by atoms with van der Waals surface area (Å²) in [5.74, 6) is -1.27. The maximum Gasteiger partial charge on any atom is 0.244 e. The fourth-order valence-corrected chi connectivity index (χ4v) is 4.47. The molecule has 2 amide bonds. The van der Waals surface area contributed by atoms with E-state index in [0.717, 1.165) is 41.1 Å². The molecule has 0 radical (unpaired) electrons. The van der Waals surface area contributed by atoms with Crippen molar-refractivity contribution in [2.45, 2.75) is 45.6 Å². The van der Waals surface area contributed by atoms with Crippen molar-refractivity contribution >= 4 is 27.5 Å². The number of halogens is 1. The summed E-state index contributed by atoms with van der Waals surface area (Å²) in [5.41, 5.74) is 1.18. The summed E-state index contributed by atoms with van der Waals surface area (Å²) in [4.78, 5) is 27.8. The molecule has 0 heterocycles. The lowest BCUT2D eigenvalue weighted by atomic mass is 10.1. The molecule has 0 aliphatic rings. The van der Waals surface area contributed by atoms with Gasteiger partial charge < -0.3 is 10.2 Å². The fraction of sp³-hybridized carbons (Fsp3) is 0.440. The molecule has 0 fully saturated rings. The molecule has 1 atom stereocenters. The lowest BCUT2D eigenvalue weighted by Gasteiger charge is -2.32. The van der Waals surface area contributed by atoms with Crippen molar-refractivity contribution in [1.29, 1.82) is 0 Å². The second-order valence-corrected chi connectivity index (χ2v) is 10.0. The Morgan fingerprint density at radius 1 is 1.03 bits per heavy atom. The molecular weight excluding hydrogens is 457 g/mol. The van der Waals surface area contributed by atoms with Crippen LogP contribution in [0.25, 0.3) is 0 Å². The molecular formula is C25H34FN3O4S. The highest BCUT2D eigenvalue weighted by molar-refractivity contribution is 7.92. The summed E-state index contributed by atoms with van der Waals surface area (Å²) >= 11 is 0. The van der Waals surface area contributed by atoms with Gasteiger partial charge in [0.2, 0.25) is 21.8 Å².